The molecular weight excluding hydrogens is 204 g/mol. The second-order valence-corrected chi connectivity index (χ2v) is 2.82. The molecule has 3 N–H and O–H groups in total. The van der Waals surface area contributed by atoms with Crippen molar-refractivity contribution in [2.45, 2.75) is 0 Å². The van der Waals surface area contributed by atoms with Crippen LogP contribution in [0.4, 0.5) is 5.69 Å². The molecule has 5 nitrogen and oxygen atoms in total. The summed E-state index contributed by atoms with van der Waals surface area (Å²) in [5.41, 5.74) is 0.576. The Kier molecular flexibility index (Phi) is 4.03. The first-order chi connectivity index (χ1) is 6.76. The molecule has 0 aromatic heterocycles. The molecule has 1 aromatic rings. The average molecular weight is 213 g/mol. The van der Waals surface area contributed by atoms with E-state index >= 15 is 0 Å². The number of halogens is 1. The standard InChI is InChI=1S/C8H9ClN4O/c9-6-2-1-3-7(4-6)12-13-8(5-14)11-10/h1-4,14H,5,10H2. The van der Waals surface area contributed by atoms with Gasteiger partial charge in [0.05, 0.1) is 5.69 Å². The third-order valence-corrected chi connectivity index (χ3v) is 1.61. The molecule has 0 atom stereocenters. The zero-order chi connectivity index (χ0) is 10.4. The smallest absolute Gasteiger partial charge is 0.195 e. The van der Waals surface area contributed by atoms with Gasteiger partial charge in [0.15, 0.2) is 5.84 Å². The molecule has 0 spiro atoms. The highest BCUT2D eigenvalue weighted by Gasteiger charge is 1.94. The van der Waals surface area contributed by atoms with E-state index in [9.17, 15) is 0 Å². The quantitative estimate of drug-likeness (QED) is 0.257. The van der Waals surface area contributed by atoms with Crippen molar-refractivity contribution in [3.63, 3.8) is 0 Å². The molecule has 0 aliphatic heterocycles. The number of hydrogen-bond acceptors (Lipinski definition) is 4. The van der Waals surface area contributed by atoms with E-state index in [4.69, 9.17) is 22.6 Å². The minimum Gasteiger partial charge on any atom is -0.388 e. The molecule has 0 unspecified atom stereocenters. The SMILES string of the molecule is NN=C(CO)N=Nc1cccc(Cl)c1. The van der Waals surface area contributed by atoms with E-state index in [1.54, 1.807) is 24.3 Å². The summed E-state index contributed by atoms with van der Waals surface area (Å²) in [7, 11) is 0. The van der Waals surface area contributed by atoms with Crippen LogP contribution in [0.1, 0.15) is 0 Å². The van der Waals surface area contributed by atoms with Gasteiger partial charge >= 0.3 is 0 Å². The lowest BCUT2D eigenvalue weighted by Gasteiger charge is -1.93. The summed E-state index contributed by atoms with van der Waals surface area (Å²) in [5, 5.41) is 19.8. The molecule has 0 fully saturated rings. The Bertz CT molecular complexity index is 364. The predicted molar refractivity (Wildman–Crippen MR) is 54.7 cm³/mol. The van der Waals surface area contributed by atoms with Crippen molar-refractivity contribution < 1.29 is 5.11 Å². The fourth-order valence-electron chi connectivity index (χ4n) is 0.752. The highest BCUT2D eigenvalue weighted by Crippen LogP contribution is 2.17. The molecule has 6 heteroatoms. The van der Waals surface area contributed by atoms with E-state index < -0.39 is 0 Å². The first-order valence-electron chi connectivity index (χ1n) is 3.81. The minimum atomic E-state index is -0.347. The molecule has 1 aromatic carbocycles. The van der Waals surface area contributed by atoms with Crippen molar-refractivity contribution in [1.29, 1.82) is 0 Å². The van der Waals surface area contributed by atoms with Crippen LogP contribution in [0.2, 0.25) is 5.02 Å². The molecule has 1 rings (SSSR count). The van der Waals surface area contributed by atoms with Crippen LogP contribution in [0, 0.1) is 0 Å². The zero-order valence-electron chi connectivity index (χ0n) is 7.26. The van der Waals surface area contributed by atoms with Gasteiger partial charge in [-0.05, 0) is 18.2 Å². The number of nitrogens with zero attached hydrogens (tertiary/aromatic N) is 3. The van der Waals surface area contributed by atoms with E-state index in [0.29, 0.717) is 10.7 Å². The topological polar surface area (TPSA) is 83.3 Å². The largest absolute Gasteiger partial charge is 0.388 e. The number of nitrogens with two attached hydrogens (primary N) is 1. The van der Waals surface area contributed by atoms with Crippen LogP contribution in [0.25, 0.3) is 0 Å². The van der Waals surface area contributed by atoms with Gasteiger partial charge in [0.1, 0.15) is 6.61 Å². The van der Waals surface area contributed by atoms with E-state index in [2.05, 4.69) is 15.3 Å². The number of hydrogen-bond donors (Lipinski definition) is 2. The third kappa shape index (κ3) is 3.12. The van der Waals surface area contributed by atoms with Gasteiger partial charge in [0.25, 0.3) is 0 Å². The Labute approximate surface area is 85.9 Å². The summed E-state index contributed by atoms with van der Waals surface area (Å²) in [6.45, 7) is -0.347. The number of benzene rings is 1. The number of aliphatic hydroxyl groups is 1. The van der Waals surface area contributed by atoms with Crippen LogP contribution in [0.15, 0.2) is 39.6 Å². The Morgan fingerprint density at radius 1 is 1.50 bits per heavy atom. The molecule has 14 heavy (non-hydrogen) atoms. The summed E-state index contributed by atoms with van der Waals surface area (Å²) >= 11 is 5.72. The number of azo groups is 1. The van der Waals surface area contributed by atoms with Gasteiger partial charge in [0.2, 0.25) is 0 Å². The molecule has 0 saturated carbocycles. The van der Waals surface area contributed by atoms with Crippen LogP contribution in [-0.2, 0) is 0 Å². The number of hydrazone groups is 1. The van der Waals surface area contributed by atoms with Crippen molar-refractivity contribution >= 4 is 23.1 Å². The Morgan fingerprint density at radius 3 is 2.86 bits per heavy atom. The second kappa shape index (κ2) is 5.31. The third-order valence-electron chi connectivity index (χ3n) is 1.38. The molecule has 0 aliphatic rings. The maximum absolute atomic E-state index is 8.67. The number of aliphatic hydroxyl groups excluding tert-OH is 1. The minimum absolute atomic E-state index is 0.0602. The Balaban J connectivity index is 2.78. The van der Waals surface area contributed by atoms with Crippen molar-refractivity contribution in [3.05, 3.63) is 29.3 Å². The van der Waals surface area contributed by atoms with Crippen LogP contribution < -0.4 is 5.84 Å². The van der Waals surface area contributed by atoms with Gasteiger partial charge in [-0.2, -0.15) is 5.10 Å². The maximum Gasteiger partial charge on any atom is 0.195 e. The zero-order valence-corrected chi connectivity index (χ0v) is 8.02. The average Bonchev–Trinajstić information content (AvgIpc) is 2.19. The Morgan fingerprint density at radius 2 is 2.29 bits per heavy atom. The maximum atomic E-state index is 8.67. The lowest BCUT2D eigenvalue weighted by atomic mass is 10.3. The molecule has 0 radical (unpaired) electrons. The molecule has 74 valence electrons. The molecular formula is C8H9ClN4O. The molecule has 0 bridgehead atoms. The van der Waals surface area contributed by atoms with E-state index in [1.807, 2.05) is 0 Å². The molecule has 0 heterocycles. The number of rotatable bonds is 2. The molecule has 0 amide bonds. The van der Waals surface area contributed by atoms with Gasteiger partial charge < -0.3 is 10.9 Å². The number of amidine groups is 1. The van der Waals surface area contributed by atoms with Crippen LogP contribution >= 0.6 is 11.6 Å². The summed E-state index contributed by atoms with van der Waals surface area (Å²) in [5.74, 6) is 4.99. The van der Waals surface area contributed by atoms with Crippen LogP contribution in [-0.4, -0.2) is 17.5 Å². The van der Waals surface area contributed by atoms with Crippen molar-refractivity contribution in [1.82, 2.24) is 0 Å². The summed E-state index contributed by atoms with van der Waals surface area (Å²) < 4.78 is 0. The first-order valence-corrected chi connectivity index (χ1v) is 4.19. The van der Waals surface area contributed by atoms with E-state index in [0.717, 1.165) is 0 Å². The highest BCUT2D eigenvalue weighted by molar-refractivity contribution is 6.30. The highest BCUT2D eigenvalue weighted by atomic mass is 35.5. The van der Waals surface area contributed by atoms with Crippen LogP contribution in [0.3, 0.4) is 0 Å². The van der Waals surface area contributed by atoms with Crippen molar-refractivity contribution in [3.8, 4) is 0 Å². The second-order valence-electron chi connectivity index (χ2n) is 2.38. The fourth-order valence-corrected chi connectivity index (χ4v) is 0.937. The van der Waals surface area contributed by atoms with Crippen molar-refractivity contribution in [2.24, 2.45) is 21.2 Å². The summed E-state index contributed by atoms with van der Waals surface area (Å²) in [6, 6.07) is 6.83. The summed E-state index contributed by atoms with van der Waals surface area (Å²) in [4.78, 5) is 0. The van der Waals surface area contributed by atoms with E-state index in [1.165, 1.54) is 0 Å². The van der Waals surface area contributed by atoms with Gasteiger partial charge in [-0.15, -0.1) is 10.2 Å². The van der Waals surface area contributed by atoms with E-state index in [-0.39, 0.29) is 12.4 Å². The van der Waals surface area contributed by atoms with Gasteiger partial charge in [-0.3, -0.25) is 0 Å². The summed E-state index contributed by atoms with van der Waals surface area (Å²) in [6.07, 6.45) is 0. The van der Waals surface area contributed by atoms with Crippen molar-refractivity contribution in [2.75, 3.05) is 6.61 Å². The monoisotopic (exact) mass is 212 g/mol. The van der Waals surface area contributed by atoms with Gasteiger partial charge in [-0.25, -0.2) is 0 Å². The molecule has 0 aliphatic carbocycles. The fraction of sp³-hybridized carbons (Fsp3) is 0.125. The molecule has 0 saturated heterocycles. The lowest BCUT2D eigenvalue weighted by molar-refractivity contribution is 0.355. The lowest BCUT2D eigenvalue weighted by Crippen LogP contribution is -2.02. The first kappa shape index (κ1) is 10.6. The van der Waals surface area contributed by atoms with Gasteiger partial charge in [0, 0.05) is 5.02 Å². The normalized spacial score (nSPS) is 12.3. The Hall–Kier alpha value is -1.46. The predicted octanol–water partition coefficient (Wildman–Crippen LogP) is 1.69. The van der Waals surface area contributed by atoms with Crippen LogP contribution in [0.5, 0.6) is 0 Å². The van der Waals surface area contributed by atoms with Gasteiger partial charge in [-0.1, -0.05) is 17.7 Å².